The molecule has 1 aromatic heterocycles. The van der Waals surface area contributed by atoms with Crippen molar-refractivity contribution in [1.29, 1.82) is 0 Å². The highest BCUT2D eigenvalue weighted by molar-refractivity contribution is 7.99. The Morgan fingerprint density at radius 1 is 1.46 bits per heavy atom. The fourth-order valence-electron chi connectivity index (χ4n) is 2.73. The number of aryl methyl sites for hydroxylation is 1. The first-order chi connectivity index (χ1) is 11.5. The molecule has 1 unspecified atom stereocenters. The van der Waals surface area contributed by atoms with E-state index in [0.717, 1.165) is 23.5 Å². The number of nitrogens with zero attached hydrogens (tertiary/aromatic N) is 2. The molecule has 1 N–H and O–H groups in total. The van der Waals surface area contributed by atoms with E-state index in [9.17, 15) is 9.18 Å². The van der Waals surface area contributed by atoms with Gasteiger partial charge in [0.15, 0.2) is 0 Å². The molecule has 1 amide bonds. The molecule has 2 aromatic rings. The molecule has 0 spiro atoms. The third-order valence-electron chi connectivity index (χ3n) is 4.32. The fraction of sp³-hybridized carbons (Fsp3) is 0.412. The summed E-state index contributed by atoms with van der Waals surface area (Å²) < 4.78 is 20.2. The normalized spacial score (nSPS) is 20.3. The number of thioether (sulfide) groups is 1. The van der Waals surface area contributed by atoms with Crippen molar-refractivity contribution in [1.82, 2.24) is 15.1 Å². The lowest BCUT2D eigenvalue weighted by Gasteiger charge is -2.26. The molecular weight excluding hydrogens is 329 g/mol. The average molecular weight is 349 g/mol. The lowest BCUT2D eigenvalue weighted by Crippen LogP contribution is -2.44. The zero-order valence-electron chi connectivity index (χ0n) is 13.7. The summed E-state index contributed by atoms with van der Waals surface area (Å²) in [6, 6.07) is 7.77. The van der Waals surface area contributed by atoms with E-state index < -0.39 is 0 Å². The van der Waals surface area contributed by atoms with Gasteiger partial charge in [-0.15, -0.1) is 0 Å². The predicted molar refractivity (Wildman–Crippen MR) is 92.6 cm³/mol. The van der Waals surface area contributed by atoms with Gasteiger partial charge in [0.05, 0.1) is 11.3 Å². The van der Waals surface area contributed by atoms with E-state index in [-0.39, 0.29) is 17.3 Å². The van der Waals surface area contributed by atoms with Crippen LogP contribution >= 0.6 is 11.8 Å². The molecule has 0 radical (unpaired) electrons. The van der Waals surface area contributed by atoms with E-state index >= 15 is 0 Å². The Morgan fingerprint density at radius 3 is 2.83 bits per heavy atom. The Hall–Kier alpha value is -1.86. The molecule has 1 aliphatic rings. The number of ether oxygens (including phenoxy) is 1. The van der Waals surface area contributed by atoms with Gasteiger partial charge in [0.1, 0.15) is 11.5 Å². The van der Waals surface area contributed by atoms with Crippen molar-refractivity contribution in [3.63, 3.8) is 0 Å². The van der Waals surface area contributed by atoms with Crippen molar-refractivity contribution in [2.24, 2.45) is 7.05 Å². The Balaban J connectivity index is 1.72. The molecule has 1 aromatic carbocycles. The van der Waals surface area contributed by atoms with Gasteiger partial charge in [0, 0.05) is 32.0 Å². The molecule has 128 valence electrons. The maximum atomic E-state index is 13.0. The number of hydrogen-bond acceptors (Lipinski definition) is 4. The van der Waals surface area contributed by atoms with Gasteiger partial charge in [-0.05, 0) is 42.5 Å². The number of amides is 1. The summed E-state index contributed by atoms with van der Waals surface area (Å²) >= 11 is 1.83. The lowest BCUT2D eigenvalue weighted by atomic mass is 10.0. The summed E-state index contributed by atoms with van der Waals surface area (Å²) in [4.78, 5) is 12.5. The van der Waals surface area contributed by atoms with E-state index in [1.165, 1.54) is 16.8 Å². The summed E-state index contributed by atoms with van der Waals surface area (Å²) in [6.45, 7) is 0.479. The number of hydrogen-bond donors (Lipinski definition) is 1. The van der Waals surface area contributed by atoms with Gasteiger partial charge in [0.25, 0.3) is 5.91 Å². The second kappa shape index (κ2) is 6.94. The van der Waals surface area contributed by atoms with Crippen molar-refractivity contribution in [3.8, 4) is 11.3 Å². The minimum atomic E-state index is -0.299. The third kappa shape index (κ3) is 3.47. The minimum Gasteiger partial charge on any atom is -0.376 e. The highest BCUT2D eigenvalue weighted by Gasteiger charge is 2.35. The molecule has 24 heavy (non-hydrogen) atoms. The Bertz CT molecular complexity index is 724. The molecule has 0 aliphatic carbocycles. The van der Waals surface area contributed by atoms with E-state index in [4.69, 9.17) is 4.74 Å². The van der Waals surface area contributed by atoms with Crippen molar-refractivity contribution >= 4 is 17.7 Å². The number of nitrogens with one attached hydrogen (secondary N) is 1. The van der Waals surface area contributed by atoms with Gasteiger partial charge in [-0.2, -0.15) is 16.9 Å². The van der Waals surface area contributed by atoms with Crippen LogP contribution in [0.5, 0.6) is 0 Å². The van der Waals surface area contributed by atoms with Crippen molar-refractivity contribution in [2.45, 2.75) is 12.0 Å². The second-order valence-corrected chi connectivity index (χ2v) is 7.02. The molecular formula is C17H20FN3O2S. The lowest BCUT2D eigenvalue weighted by molar-refractivity contribution is 0.0136. The van der Waals surface area contributed by atoms with Crippen LogP contribution in [-0.2, 0) is 11.8 Å². The van der Waals surface area contributed by atoms with Gasteiger partial charge in [-0.1, -0.05) is 0 Å². The largest absolute Gasteiger partial charge is 0.376 e. The average Bonchev–Trinajstić information content (AvgIpc) is 3.21. The summed E-state index contributed by atoms with van der Waals surface area (Å²) in [5.74, 6) is 1.44. The van der Waals surface area contributed by atoms with Gasteiger partial charge < -0.3 is 10.1 Å². The number of carbonyl (C=O) groups is 1. The SMILES string of the molecule is COC1(CNC(=O)c2cc(-c3ccc(F)cc3)nn2C)CCSC1. The monoisotopic (exact) mass is 349 g/mol. The summed E-state index contributed by atoms with van der Waals surface area (Å²) in [6.07, 6.45) is 0.931. The summed E-state index contributed by atoms with van der Waals surface area (Å²) in [5, 5.41) is 7.30. The van der Waals surface area contributed by atoms with Crippen LogP contribution in [0.25, 0.3) is 11.3 Å². The predicted octanol–water partition coefficient (Wildman–Crippen LogP) is 2.48. The van der Waals surface area contributed by atoms with Gasteiger partial charge in [-0.3, -0.25) is 9.48 Å². The zero-order chi connectivity index (χ0) is 17.2. The molecule has 0 bridgehead atoms. The van der Waals surface area contributed by atoms with Crippen LogP contribution in [0.2, 0.25) is 0 Å². The number of aromatic nitrogens is 2. The van der Waals surface area contributed by atoms with Crippen LogP contribution in [0.4, 0.5) is 4.39 Å². The number of rotatable bonds is 5. The molecule has 7 heteroatoms. The zero-order valence-corrected chi connectivity index (χ0v) is 14.5. The van der Waals surface area contributed by atoms with Crippen LogP contribution in [0.1, 0.15) is 16.9 Å². The van der Waals surface area contributed by atoms with E-state index in [1.54, 1.807) is 32.4 Å². The first-order valence-electron chi connectivity index (χ1n) is 7.74. The molecule has 5 nitrogen and oxygen atoms in total. The first kappa shape index (κ1) is 17.0. The summed E-state index contributed by atoms with van der Waals surface area (Å²) in [7, 11) is 3.41. The van der Waals surface area contributed by atoms with E-state index in [1.807, 2.05) is 11.8 Å². The van der Waals surface area contributed by atoms with Gasteiger partial charge >= 0.3 is 0 Å². The highest BCUT2D eigenvalue weighted by atomic mass is 32.2. The fourth-order valence-corrected chi connectivity index (χ4v) is 4.13. The maximum absolute atomic E-state index is 13.0. The minimum absolute atomic E-state index is 0.188. The summed E-state index contributed by atoms with van der Waals surface area (Å²) in [5.41, 5.74) is 1.59. The van der Waals surface area contributed by atoms with Crippen LogP contribution < -0.4 is 5.32 Å². The van der Waals surface area contributed by atoms with E-state index in [2.05, 4.69) is 10.4 Å². The number of carbonyl (C=O) groups excluding carboxylic acids is 1. The van der Waals surface area contributed by atoms with Crippen molar-refractivity contribution < 1.29 is 13.9 Å². The van der Waals surface area contributed by atoms with Crippen LogP contribution in [0, 0.1) is 5.82 Å². The van der Waals surface area contributed by atoms with Crippen molar-refractivity contribution in [2.75, 3.05) is 25.2 Å². The van der Waals surface area contributed by atoms with Crippen molar-refractivity contribution in [3.05, 3.63) is 41.8 Å². The van der Waals surface area contributed by atoms with Crippen LogP contribution in [-0.4, -0.2) is 46.4 Å². The molecule has 1 aliphatic heterocycles. The van der Waals surface area contributed by atoms with Gasteiger partial charge in [-0.25, -0.2) is 4.39 Å². The van der Waals surface area contributed by atoms with E-state index in [0.29, 0.717) is 17.9 Å². The first-order valence-corrected chi connectivity index (χ1v) is 8.89. The number of halogens is 1. The standard InChI is InChI=1S/C17H20FN3O2S/c1-21-15(9-14(20-21)12-3-5-13(18)6-4-12)16(22)19-10-17(23-2)7-8-24-11-17/h3-6,9H,7-8,10-11H2,1-2H3,(H,19,22). The second-order valence-electron chi connectivity index (χ2n) is 5.92. The Kier molecular flexibility index (Phi) is 4.91. The van der Waals surface area contributed by atoms with Gasteiger partial charge in [0.2, 0.25) is 0 Å². The quantitative estimate of drug-likeness (QED) is 0.901. The Morgan fingerprint density at radius 2 is 2.21 bits per heavy atom. The van der Waals surface area contributed by atoms with Crippen LogP contribution in [0.3, 0.4) is 0 Å². The van der Waals surface area contributed by atoms with Crippen LogP contribution in [0.15, 0.2) is 30.3 Å². The molecule has 1 fully saturated rings. The molecule has 1 saturated heterocycles. The third-order valence-corrected chi connectivity index (χ3v) is 5.55. The topological polar surface area (TPSA) is 56.1 Å². The number of benzene rings is 1. The molecule has 1 atom stereocenters. The Labute approximate surface area is 144 Å². The smallest absolute Gasteiger partial charge is 0.269 e. The highest BCUT2D eigenvalue weighted by Crippen LogP contribution is 2.30. The molecule has 3 rings (SSSR count). The number of methoxy groups -OCH3 is 1. The molecule has 2 heterocycles. The maximum Gasteiger partial charge on any atom is 0.269 e. The molecule has 0 saturated carbocycles.